The molecular weight excluding hydrogens is 210 g/mol. The number of nitrogens with zero attached hydrogens (tertiary/aromatic N) is 2. The number of nitrogens with one attached hydrogen (secondary N) is 1. The Morgan fingerprint density at radius 3 is 3.06 bits per heavy atom. The molecule has 1 aliphatic rings. The third-order valence-electron chi connectivity index (χ3n) is 2.66. The molecule has 2 N–H and O–H groups in total. The maximum absolute atomic E-state index is 10.7. The Balaban J connectivity index is 1.99. The van der Waals surface area contributed by atoms with Gasteiger partial charge in [0.25, 0.3) is 0 Å². The van der Waals surface area contributed by atoms with E-state index in [1.807, 2.05) is 0 Å². The highest BCUT2D eigenvalue weighted by atomic mass is 16.6. The number of hydrogen-bond donors (Lipinski definition) is 2. The molecule has 1 fully saturated rings. The third-order valence-corrected chi connectivity index (χ3v) is 2.66. The maximum atomic E-state index is 10.7. The summed E-state index contributed by atoms with van der Waals surface area (Å²) < 4.78 is 0. The van der Waals surface area contributed by atoms with Gasteiger partial charge in [-0.25, -0.2) is 0 Å². The predicted octanol–water partition coefficient (Wildman–Crippen LogP) is 1.17. The fourth-order valence-electron chi connectivity index (χ4n) is 1.54. The van der Waals surface area contributed by atoms with Crippen molar-refractivity contribution in [3.63, 3.8) is 0 Å². The number of aromatic nitrogens is 1. The van der Waals surface area contributed by atoms with Gasteiger partial charge in [0, 0.05) is 12.7 Å². The quantitative estimate of drug-likeness (QED) is 0.578. The summed E-state index contributed by atoms with van der Waals surface area (Å²) in [5.41, 5.74) is 0.338. The molecule has 2 rings (SSSR count). The van der Waals surface area contributed by atoms with Crippen LogP contribution in [0.15, 0.2) is 18.5 Å². The van der Waals surface area contributed by atoms with Crippen LogP contribution in [0.25, 0.3) is 0 Å². The van der Waals surface area contributed by atoms with Gasteiger partial charge in [0.2, 0.25) is 0 Å². The van der Waals surface area contributed by atoms with Crippen LogP contribution >= 0.6 is 0 Å². The fourth-order valence-corrected chi connectivity index (χ4v) is 1.54. The zero-order chi connectivity index (χ0) is 11.5. The number of nitro groups is 1. The highest BCUT2D eigenvalue weighted by molar-refractivity contribution is 5.59. The van der Waals surface area contributed by atoms with Gasteiger partial charge in [-0.15, -0.1) is 0 Å². The van der Waals surface area contributed by atoms with Crippen molar-refractivity contribution in [3.05, 3.63) is 28.6 Å². The molecule has 1 saturated carbocycles. The first-order valence-corrected chi connectivity index (χ1v) is 5.19. The Kier molecular flexibility index (Phi) is 3.00. The molecule has 0 aromatic carbocycles. The molecule has 6 nitrogen and oxygen atoms in total. The second kappa shape index (κ2) is 4.44. The molecule has 1 atom stereocenters. The molecule has 1 aromatic heterocycles. The molecule has 1 unspecified atom stereocenters. The molecular formula is C10H13N3O3. The van der Waals surface area contributed by atoms with E-state index >= 15 is 0 Å². The lowest BCUT2D eigenvalue weighted by Crippen LogP contribution is -2.21. The number of pyridine rings is 1. The van der Waals surface area contributed by atoms with E-state index in [0.29, 0.717) is 18.2 Å². The zero-order valence-corrected chi connectivity index (χ0v) is 8.67. The average molecular weight is 223 g/mol. The minimum Gasteiger partial charge on any atom is -0.391 e. The van der Waals surface area contributed by atoms with Crippen LogP contribution in [-0.2, 0) is 0 Å². The summed E-state index contributed by atoms with van der Waals surface area (Å²) in [7, 11) is 0. The number of hydrogen-bond acceptors (Lipinski definition) is 5. The normalized spacial score (nSPS) is 16.8. The van der Waals surface area contributed by atoms with E-state index in [2.05, 4.69) is 10.3 Å². The summed E-state index contributed by atoms with van der Waals surface area (Å²) in [5.74, 6) is 0.355. The molecule has 6 heteroatoms. The minimum atomic E-state index is -0.487. The van der Waals surface area contributed by atoms with Gasteiger partial charge in [-0.2, -0.15) is 0 Å². The Morgan fingerprint density at radius 1 is 1.69 bits per heavy atom. The molecule has 0 amide bonds. The highest BCUT2D eigenvalue weighted by Gasteiger charge is 2.29. The Hall–Kier alpha value is -1.69. The lowest BCUT2D eigenvalue weighted by molar-refractivity contribution is -0.384. The van der Waals surface area contributed by atoms with Crippen molar-refractivity contribution in [2.45, 2.75) is 18.9 Å². The van der Waals surface area contributed by atoms with Crippen LogP contribution in [0.5, 0.6) is 0 Å². The predicted molar refractivity (Wildman–Crippen MR) is 58.1 cm³/mol. The van der Waals surface area contributed by atoms with E-state index in [-0.39, 0.29) is 5.69 Å². The van der Waals surface area contributed by atoms with Gasteiger partial charge in [0.1, 0.15) is 11.9 Å². The summed E-state index contributed by atoms with van der Waals surface area (Å²) in [6, 6.07) is 1.54. The van der Waals surface area contributed by atoms with Crippen LogP contribution in [0, 0.1) is 16.0 Å². The summed E-state index contributed by atoms with van der Waals surface area (Å²) in [6.07, 6.45) is 4.35. The highest BCUT2D eigenvalue weighted by Crippen LogP contribution is 2.33. The Bertz CT molecular complexity index is 393. The first-order chi connectivity index (χ1) is 7.68. The summed E-state index contributed by atoms with van der Waals surface area (Å²) in [4.78, 5) is 13.9. The van der Waals surface area contributed by atoms with Crippen LogP contribution < -0.4 is 5.32 Å². The van der Waals surface area contributed by atoms with Crippen LogP contribution in [-0.4, -0.2) is 27.7 Å². The fraction of sp³-hybridized carbons (Fsp3) is 0.500. The van der Waals surface area contributed by atoms with Gasteiger partial charge in [-0.3, -0.25) is 15.1 Å². The van der Waals surface area contributed by atoms with E-state index in [1.165, 1.54) is 18.5 Å². The molecule has 0 spiro atoms. The van der Waals surface area contributed by atoms with E-state index in [0.717, 1.165) is 12.8 Å². The molecule has 0 radical (unpaired) electrons. The van der Waals surface area contributed by atoms with Crippen molar-refractivity contribution in [3.8, 4) is 0 Å². The van der Waals surface area contributed by atoms with Crippen LogP contribution in [0.4, 0.5) is 11.4 Å². The van der Waals surface area contributed by atoms with Crippen molar-refractivity contribution in [1.29, 1.82) is 0 Å². The number of aliphatic hydroxyl groups excluding tert-OH is 1. The largest absolute Gasteiger partial charge is 0.391 e. The van der Waals surface area contributed by atoms with E-state index in [9.17, 15) is 15.2 Å². The molecule has 0 aliphatic heterocycles. The van der Waals surface area contributed by atoms with Crippen LogP contribution in [0.2, 0.25) is 0 Å². The second-order valence-electron chi connectivity index (χ2n) is 3.94. The standard InChI is InChI=1S/C10H13N3O3/c14-10(7-1-2-7)6-12-8-3-4-11-5-9(8)13(15)16/h3-5,7,10,14H,1-2,6H2,(H,11,12). The van der Waals surface area contributed by atoms with Gasteiger partial charge >= 0.3 is 5.69 Å². The lowest BCUT2D eigenvalue weighted by atomic mass is 10.2. The molecule has 0 bridgehead atoms. The van der Waals surface area contributed by atoms with Crippen molar-refractivity contribution < 1.29 is 10.0 Å². The van der Waals surface area contributed by atoms with Gasteiger partial charge in [0.05, 0.1) is 11.0 Å². The van der Waals surface area contributed by atoms with E-state index in [4.69, 9.17) is 0 Å². The smallest absolute Gasteiger partial charge is 0.310 e. The first-order valence-electron chi connectivity index (χ1n) is 5.19. The second-order valence-corrected chi connectivity index (χ2v) is 3.94. The summed E-state index contributed by atoms with van der Waals surface area (Å²) in [6.45, 7) is 0.343. The van der Waals surface area contributed by atoms with E-state index < -0.39 is 11.0 Å². The van der Waals surface area contributed by atoms with Crippen molar-refractivity contribution in [1.82, 2.24) is 4.98 Å². The molecule has 1 aliphatic carbocycles. The van der Waals surface area contributed by atoms with Gasteiger partial charge < -0.3 is 10.4 Å². The number of anilines is 1. The number of aliphatic hydroxyl groups is 1. The van der Waals surface area contributed by atoms with Gasteiger partial charge in [-0.05, 0) is 24.8 Å². The topological polar surface area (TPSA) is 88.3 Å². The van der Waals surface area contributed by atoms with Gasteiger partial charge in [0.15, 0.2) is 0 Å². The molecule has 1 aromatic rings. The Labute approximate surface area is 92.5 Å². The number of rotatable bonds is 5. The maximum Gasteiger partial charge on any atom is 0.310 e. The van der Waals surface area contributed by atoms with Crippen molar-refractivity contribution in [2.24, 2.45) is 5.92 Å². The van der Waals surface area contributed by atoms with Gasteiger partial charge in [-0.1, -0.05) is 0 Å². The van der Waals surface area contributed by atoms with E-state index in [1.54, 1.807) is 0 Å². The summed E-state index contributed by atoms with van der Waals surface area (Å²) in [5, 5.41) is 23.2. The molecule has 16 heavy (non-hydrogen) atoms. The molecule has 1 heterocycles. The molecule has 0 saturated heterocycles. The van der Waals surface area contributed by atoms with Crippen molar-refractivity contribution in [2.75, 3.05) is 11.9 Å². The van der Waals surface area contributed by atoms with Crippen molar-refractivity contribution >= 4 is 11.4 Å². The molecule has 86 valence electrons. The average Bonchev–Trinajstić information content (AvgIpc) is 3.10. The van der Waals surface area contributed by atoms with Crippen LogP contribution in [0.1, 0.15) is 12.8 Å². The third kappa shape index (κ3) is 2.46. The minimum absolute atomic E-state index is 0.0644. The monoisotopic (exact) mass is 223 g/mol. The SMILES string of the molecule is O=[N+]([O-])c1cnccc1NCC(O)C1CC1. The lowest BCUT2D eigenvalue weighted by Gasteiger charge is -2.11. The zero-order valence-electron chi connectivity index (χ0n) is 8.67. The first kappa shape index (κ1) is 10.8. The summed E-state index contributed by atoms with van der Waals surface area (Å²) >= 11 is 0. The van der Waals surface area contributed by atoms with Crippen LogP contribution in [0.3, 0.4) is 0 Å². The Morgan fingerprint density at radius 2 is 2.44 bits per heavy atom.